The number of anilines is 1. The van der Waals surface area contributed by atoms with E-state index in [0.29, 0.717) is 11.0 Å². The summed E-state index contributed by atoms with van der Waals surface area (Å²) in [6.45, 7) is 5.93. The molecular formula is C24H23N5OS. The third-order valence-corrected chi connectivity index (χ3v) is 5.86. The Morgan fingerprint density at radius 3 is 2.29 bits per heavy atom. The highest BCUT2D eigenvalue weighted by Gasteiger charge is 2.22. The van der Waals surface area contributed by atoms with Crippen LogP contribution < -0.4 is 5.32 Å². The average molecular weight is 430 g/mol. The van der Waals surface area contributed by atoms with E-state index in [1.807, 2.05) is 86.0 Å². The van der Waals surface area contributed by atoms with Crippen molar-refractivity contribution in [3.63, 3.8) is 0 Å². The quantitative estimate of drug-likeness (QED) is 0.434. The summed E-state index contributed by atoms with van der Waals surface area (Å²) in [6.07, 6.45) is 3.49. The number of aromatic nitrogens is 4. The van der Waals surface area contributed by atoms with Gasteiger partial charge in [0.2, 0.25) is 5.91 Å². The van der Waals surface area contributed by atoms with Crippen molar-refractivity contribution in [2.24, 2.45) is 0 Å². The van der Waals surface area contributed by atoms with Gasteiger partial charge in [-0.05, 0) is 57.2 Å². The van der Waals surface area contributed by atoms with Crippen molar-refractivity contribution in [1.29, 1.82) is 0 Å². The van der Waals surface area contributed by atoms with E-state index in [2.05, 4.69) is 20.5 Å². The Morgan fingerprint density at radius 1 is 0.968 bits per heavy atom. The molecule has 1 amide bonds. The van der Waals surface area contributed by atoms with Gasteiger partial charge in [-0.1, -0.05) is 47.2 Å². The summed E-state index contributed by atoms with van der Waals surface area (Å²) in [7, 11) is 0. The van der Waals surface area contributed by atoms with Crippen molar-refractivity contribution in [2.45, 2.75) is 31.2 Å². The lowest BCUT2D eigenvalue weighted by Gasteiger charge is -2.14. The van der Waals surface area contributed by atoms with Gasteiger partial charge in [0.05, 0.1) is 5.25 Å². The van der Waals surface area contributed by atoms with Gasteiger partial charge in [0.1, 0.15) is 0 Å². The summed E-state index contributed by atoms with van der Waals surface area (Å²) < 4.78 is 1.97. The van der Waals surface area contributed by atoms with Crippen molar-refractivity contribution >= 4 is 23.4 Å². The largest absolute Gasteiger partial charge is 0.325 e. The van der Waals surface area contributed by atoms with Crippen LogP contribution in [0.5, 0.6) is 0 Å². The number of benzene rings is 2. The Balaban J connectivity index is 1.63. The lowest BCUT2D eigenvalue weighted by atomic mass is 10.2. The van der Waals surface area contributed by atoms with Gasteiger partial charge in [0.25, 0.3) is 0 Å². The predicted molar refractivity (Wildman–Crippen MR) is 124 cm³/mol. The van der Waals surface area contributed by atoms with Crippen LogP contribution in [0.4, 0.5) is 5.69 Å². The van der Waals surface area contributed by atoms with Crippen molar-refractivity contribution in [3.05, 3.63) is 84.2 Å². The van der Waals surface area contributed by atoms with Crippen LogP contribution >= 0.6 is 11.8 Å². The van der Waals surface area contributed by atoms with Gasteiger partial charge in [-0.15, -0.1) is 10.2 Å². The molecule has 156 valence electrons. The van der Waals surface area contributed by atoms with Gasteiger partial charge in [-0.25, -0.2) is 0 Å². The highest BCUT2D eigenvalue weighted by molar-refractivity contribution is 8.00. The van der Waals surface area contributed by atoms with Gasteiger partial charge >= 0.3 is 0 Å². The predicted octanol–water partition coefficient (Wildman–Crippen LogP) is 5.07. The van der Waals surface area contributed by atoms with Crippen molar-refractivity contribution in [1.82, 2.24) is 19.7 Å². The number of nitrogens with one attached hydrogen (secondary N) is 1. The van der Waals surface area contributed by atoms with Crippen LogP contribution in [0.1, 0.15) is 18.1 Å². The molecule has 0 unspecified atom stereocenters. The zero-order valence-electron chi connectivity index (χ0n) is 17.6. The topological polar surface area (TPSA) is 72.7 Å². The number of hydrogen-bond donors (Lipinski definition) is 1. The maximum Gasteiger partial charge on any atom is 0.237 e. The third kappa shape index (κ3) is 4.83. The second kappa shape index (κ2) is 9.14. The highest BCUT2D eigenvalue weighted by Crippen LogP contribution is 2.30. The molecule has 6 nitrogen and oxygen atoms in total. The summed E-state index contributed by atoms with van der Waals surface area (Å²) in [4.78, 5) is 17.0. The fraction of sp³-hybridized carbons (Fsp3) is 0.167. The number of aryl methyl sites for hydroxylation is 2. The minimum atomic E-state index is -0.364. The minimum Gasteiger partial charge on any atom is -0.325 e. The zero-order valence-corrected chi connectivity index (χ0v) is 18.4. The highest BCUT2D eigenvalue weighted by atomic mass is 32.2. The van der Waals surface area contributed by atoms with Crippen LogP contribution in [0, 0.1) is 13.8 Å². The molecule has 4 rings (SSSR count). The maximum atomic E-state index is 12.8. The summed E-state index contributed by atoms with van der Waals surface area (Å²) >= 11 is 1.37. The first-order valence-corrected chi connectivity index (χ1v) is 10.9. The zero-order chi connectivity index (χ0) is 21.8. The SMILES string of the molecule is Cc1ccc(NC(=O)[C@@H](C)Sc2nnc(-c3cccnc3)n2-c2ccc(C)cc2)cc1. The Bertz CT molecular complexity index is 1170. The molecule has 0 saturated carbocycles. The molecule has 4 aromatic rings. The van der Waals surface area contributed by atoms with E-state index in [9.17, 15) is 4.79 Å². The molecule has 0 aliphatic carbocycles. The summed E-state index contributed by atoms with van der Waals surface area (Å²) in [6, 6.07) is 19.7. The average Bonchev–Trinajstić information content (AvgIpc) is 3.20. The second-order valence-electron chi connectivity index (χ2n) is 7.33. The van der Waals surface area contributed by atoms with Crippen LogP contribution in [0.3, 0.4) is 0 Å². The molecule has 31 heavy (non-hydrogen) atoms. The number of pyridine rings is 1. The van der Waals surface area contributed by atoms with Gasteiger partial charge in [0, 0.05) is 29.3 Å². The fourth-order valence-corrected chi connectivity index (χ4v) is 3.91. The Labute approximate surface area is 185 Å². The first-order valence-electron chi connectivity index (χ1n) is 9.98. The first kappa shape index (κ1) is 20.8. The van der Waals surface area contributed by atoms with Crippen molar-refractivity contribution < 1.29 is 4.79 Å². The minimum absolute atomic E-state index is 0.0877. The van der Waals surface area contributed by atoms with Gasteiger partial charge < -0.3 is 5.32 Å². The van der Waals surface area contributed by atoms with Gasteiger partial charge in [-0.2, -0.15) is 0 Å². The molecule has 0 bridgehead atoms. The Hall–Kier alpha value is -3.45. The number of hydrogen-bond acceptors (Lipinski definition) is 5. The molecule has 0 saturated heterocycles. The van der Waals surface area contributed by atoms with E-state index in [4.69, 9.17) is 0 Å². The molecule has 0 fully saturated rings. The van der Waals surface area contributed by atoms with Crippen molar-refractivity contribution in [2.75, 3.05) is 5.32 Å². The number of rotatable bonds is 6. The maximum absolute atomic E-state index is 12.8. The van der Waals surface area contributed by atoms with Crippen LogP contribution in [0.25, 0.3) is 17.1 Å². The Kier molecular flexibility index (Phi) is 6.13. The van der Waals surface area contributed by atoms with E-state index < -0.39 is 0 Å². The van der Waals surface area contributed by atoms with Crippen LogP contribution in [-0.2, 0) is 4.79 Å². The number of thioether (sulfide) groups is 1. The smallest absolute Gasteiger partial charge is 0.237 e. The third-order valence-electron chi connectivity index (χ3n) is 4.82. The van der Waals surface area contributed by atoms with Crippen molar-refractivity contribution in [3.8, 4) is 17.1 Å². The molecule has 0 aliphatic heterocycles. The van der Waals surface area contributed by atoms with Crippen LogP contribution in [0.2, 0.25) is 0 Å². The normalized spacial score (nSPS) is 11.8. The molecule has 2 aromatic heterocycles. The lowest BCUT2D eigenvalue weighted by Crippen LogP contribution is -2.22. The van der Waals surface area contributed by atoms with E-state index in [-0.39, 0.29) is 11.2 Å². The lowest BCUT2D eigenvalue weighted by molar-refractivity contribution is -0.115. The molecule has 1 atom stereocenters. The molecule has 2 aromatic carbocycles. The van der Waals surface area contributed by atoms with E-state index >= 15 is 0 Å². The Morgan fingerprint density at radius 2 is 1.65 bits per heavy atom. The molecule has 0 aliphatic rings. The summed E-state index contributed by atoms with van der Waals surface area (Å²) in [5.41, 5.74) is 4.88. The van der Waals surface area contributed by atoms with E-state index in [0.717, 1.165) is 22.5 Å². The number of carbonyl (C=O) groups excluding carboxylic acids is 1. The summed E-state index contributed by atoms with van der Waals surface area (Å²) in [5, 5.41) is 12.1. The molecule has 0 radical (unpaired) electrons. The molecule has 1 N–H and O–H groups in total. The molecule has 7 heteroatoms. The second-order valence-corrected chi connectivity index (χ2v) is 8.64. The number of carbonyl (C=O) groups is 1. The fourth-order valence-electron chi connectivity index (χ4n) is 3.05. The molecule has 0 spiro atoms. The first-order chi connectivity index (χ1) is 15.0. The van der Waals surface area contributed by atoms with Gasteiger partial charge in [-0.3, -0.25) is 14.3 Å². The number of amides is 1. The van der Waals surface area contributed by atoms with Crippen LogP contribution in [-0.4, -0.2) is 30.9 Å². The standard InChI is InChI=1S/C24H23N5OS/c1-16-6-10-20(11-7-16)26-23(30)18(3)31-24-28-27-22(19-5-4-14-25-15-19)29(24)21-12-8-17(2)9-13-21/h4-15,18H,1-3H3,(H,26,30)/t18-/m1/s1. The van der Waals surface area contributed by atoms with Gasteiger partial charge in [0.15, 0.2) is 11.0 Å². The van der Waals surface area contributed by atoms with Crippen LogP contribution in [0.15, 0.2) is 78.2 Å². The number of nitrogens with zero attached hydrogens (tertiary/aromatic N) is 4. The summed E-state index contributed by atoms with van der Waals surface area (Å²) in [5.74, 6) is 0.598. The monoisotopic (exact) mass is 429 g/mol. The van der Waals surface area contributed by atoms with E-state index in [1.165, 1.54) is 17.3 Å². The molecular weight excluding hydrogens is 406 g/mol. The van der Waals surface area contributed by atoms with E-state index in [1.54, 1.807) is 12.4 Å². The molecule has 2 heterocycles.